The van der Waals surface area contributed by atoms with Gasteiger partial charge >= 0.3 is 6.18 Å². The SMILES string of the molecule is Cc1ccc(OC2(C(=O)NCc3ccc(Cl)cc3)CCCN(C(=O)C3=CNCC=C3C(F)(F)F)C2)cc1. The van der Waals surface area contributed by atoms with Crippen molar-refractivity contribution in [2.75, 3.05) is 19.6 Å². The number of rotatable bonds is 6. The van der Waals surface area contributed by atoms with E-state index in [4.69, 9.17) is 16.3 Å². The summed E-state index contributed by atoms with van der Waals surface area (Å²) in [5.74, 6) is -0.836. The monoisotopic (exact) mass is 533 g/mol. The van der Waals surface area contributed by atoms with Crippen molar-refractivity contribution < 1.29 is 27.5 Å². The van der Waals surface area contributed by atoms with Crippen LogP contribution in [0.1, 0.15) is 24.0 Å². The van der Waals surface area contributed by atoms with E-state index in [2.05, 4.69) is 10.6 Å². The Morgan fingerprint density at radius 3 is 2.51 bits per heavy atom. The summed E-state index contributed by atoms with van der Waals surface area (Å²) in [4.78, 5) is 28.1. The molecule has 2 N–H and O–H groups in total. The zero-order chi connectivity index (χ0) is 26.6. The topological polar surface area (TPSA) is 70.7 Å². The molecule has 1 saturated heterocycles. The van der Waals surface area contributed by atoms with Crippen LogP contribution in [-0.2, 0) is 16.1 Å². The molecule has 0 radical (unpaired) electrons. The summed E-state index contributed by atoms with van der Waals surface area (Å²) in [5, 5.41) is 6.12. The van der Waals surface area contributed by atoms with Gasteiger partial charge in [0.1, 0.15) is 5.75 Å². The van der Waals surface area contributed by atoms with Crippen molar-refractivity contribution in [3.8, 4) is 5.75 Å². The fourth-order valence-corrected chi connectivity index (χ4v) is 4.54. The Morgan fingerprint density at radius 1 is 1.14 bits per heavy atom. The van der Waals surface area contributed by atoms with Crippen molar-refractivity contribution in [1.82, 2.24) is 15.5 Å². The van der Waals surface area contributed by atoms with E-state index in [0.29, 0.717) is 17.2 Å². The molecular formula is C27H27ClF3N3O3. The molecule has 6 nitrogen and oxygen atoms in total. The first-order chi connectivity index (χ1) is 17.6. The highest BCUT2D eigenvalue weighted by molar-refractivity contribution is 6.30. The van der Waals surface area contributed by atoms with Crippen molar-refractivity contribution in [2.24, 2.45) is 0 Å². The van der Waals surface area contributed by atoms with Gasteiger partial charge in [-0.2, -0.15) is 13.2 Å². The summed E-state index contributed by atoms with van der Waals surface area (Å²) in [6.45, 7) is 2.08. The largest absolute Gasteiger partial charge is 0.476 e. The van der Waals surface area contributed by atoms with Crippen molar-refractivity contribution in [3.05, 3.63) is 88.1 Å². The number of carbonyl (C=O) groups is 2. The number of nitrogens with zero attached hydrogens (tertiary/aromatic N) is 1. The molecule has 4 rings (SSSR count). The average Bonchev–Trinajstić information content (AvgIpc) is 2.88. The first-order valence-corrected chi connectivity index (χ1v) is 12.2. The van der Waals surface area contributed by atoms with Crippen LogP contribution in [0.2, 0.25) is 5.02 Å². The van der Waals surface area contributed by atoms with E-state index in [-0.39, 0.29) is 32.6 Å². The number of ether oxygens (including phenoxy) is 1. The summed E-state index contributed by atoms with van der Waals surface area (Å²) in [5.41, 5.74) is -1.14. The van der Waals surface area contributed by atoms with Crippen molar-refractivity contribution in [3.63, 3.8) is 0 Å². The molecule has 10 heteroatoms. The Bertz CT molecular complexity index is 1210. The van der Waals surface area contributed by atoms with Gasteiger partial charge in [0.15, 0.2) is 0 Å². The normalized spacial score (nSPS) is 19.9. The number of benzene rings is 2. The fraction of sp³-hybridized carbons (Fsp3) is 0.333. The highest BCUT2D eigenvalue weighted by atomic mass is 35.5. The zero-order valence-corrected chi connectivity index (χ0v) is 21.0. The lowest BCUT2D eigenvalue weighted by Crippen LogP contribution is -2.61. The number of amides is 2. The molecule has 37 heavy (non-hydrogen) atoms. The quantitative estimate of drug-likeness (QED) is 0.566. The molecule has 2 aliphatic heterocycles. The van der Waals surface area contributed by atoms with Crippen LogP contribution in [0.4, 0.5) is 13.2 Å². The predicted octanol–water partition coefficient (Wildman–Crippen LogP) is 4.68. The molecule has 0 bridgehead atoms. The summed E-state index contributed by atoms with van der Waals surface area (Å²) < 4.78 is 47.0. The van der Waals surface area contributed by atoms with Crippen LogP contribution < -0.4 is 15.4 Å². The van der Waals surface area contributed by atoms with Crippen molar-refractivity contribution in [2.45, 2.75) is 38.1 Å². The third-order valence-electron chi connectivity index (χ3n) is 6.35. The second-order valence-electron chi connectivity index (χ2n) is 9.13. The lowest BCUT2D eigenvalue weighted by molar-refractivity contribution is -0.147. The zero-order valence-electron chi connectivity index (χ0n) is 20.2. The van der Waals surface area contributed by atoms with Gasteiger partial charge in [-0.25, -0.2) is 0 Å². The Morgan fingerprint density at radius 2 is 1.84 bits per heavy atom. The summed E-state index contributed by atoms with van der Waals surface area (Å²) in [6, 6.07) is 14.1. The van der Waals surface area contributed by atoms with E-state index < -0.39 is 34.7 Å². The Hall–Kier alpha value is -3.46. The molecule has 2 aromatic rings. The maximum atomic E-state index is 13.6. The molecule has 0 aliphatic carbocycles. The van der Waals surface area contributed by atoms with Gasteiger partial charge in [-0.1, -0.05) is 47.5 Å². The lowest BCUT2D eigenvalue weighted by atomic mass is 9.90. The van der Waals surface area contributed by atoms with Gasteiger partial charge in [-0.3, -0.25) is 9.59 Å². The van der Waals surface area contributed by atoms with Crippen LogP contribution in [0.15, 0.2) is 72.0 Å². The summed E-state index contributed by atoms with van der Waals surface area (Å²) in [6.07, 6.45) is -1.98. The van der Waals surface area contributed by atoms with Gasteiger partial charge in [-0.05, 0) is 49.6 Å². The van der Waals surface area contributed by atoms with Gasteiger partial charge in [0.25, 0.3) is 11.8 Å². The number of hydrogen-bond donors (Lipinski definition) is 2. The van der Waals surface area contributed by atoms with Crippen molar-refractivity contribution >= 4 is 23.4 Å². The number of piperidine rings is 1. The number of nitrogens with one attached hydrogen (secondary N) is 2. The minimum Gasteiger partial charge on any atom is -0.476 e. The third-order valence-corrected chi connectivity index (χ3v) is 6.60. The maximum Gasteiger partial charge on any atom is 0.416 e. The molecule has 2 heterocycles. The number of alkyl halides is 3. The van der Waals surface area contributed by atoms with Crippen LogP contribution >= 0.6 is 11.6 Å². The Balaban J connectivity index is 1.59. The third kappa shape index (κ3) is 6.28. The minimum atomic E-state index is -4.68. The summed E-state index contributed by atoms with van der Waals surface area (Å²) in [7, 11) is 0. The van der Waals surface area contributed by atoms with Crippen LogP contribution in [0.25, 0.3) is 0 Å². The molecule has 196 valence electrons. The predicted molar refractivity (Wildman–Crippen MR) is 134 cm³/mol. The van der Waals surface area contributed by atoms with E-state index in [1.807, 2.05) is 19.1 Å². The molecule has 1 unspecified atom stereocenters. The van der Waals surface area contributed by atoms with E-state index >= 15 is 0 Å². The molecule has 0 saturated carbocycles. The minimum absolute atomic E-state index is 0.0286. The Labute approximate surface area is 218 Å². The maximum absolute atomic E-state index is 13.6. The van der Waals surface area contributed by atoms with Crippen LogP contribution in [-0.4, -0.2) is 48.1 Å². The number of dihydropyridines is 1. The number of aryl methyl sites for hydroxylation is 1. The van der Waals surface area contributed by atoms with Gasteiger partial charge in [0.2, 0.25) is 5.60 Å². The van der Waals surface area contributed by atoms with E-state index in [1.165, 1.54) is 4.90 Å². The van der Waals surface area contributed by atoms with E-state index in [0.717, 1.165) is 23.4 Å². The smallest absolute Gasteiger partial charge is 0.416 e. The average molecular weight is 534 g/mol. The number of hydrogen-bond acceptors (Lipinski definition) is 4. The first kappa shape index (κ1) is 26.6. The van der Waals surface area contributed by atoms with E-state index in [1.54, 1.807) is 36.4 Å². The molecule has 2 amide bonds. The second-order valence-corrected chi connectivity index (χ2v) is 9.57. The number of halogens is 4. The highest BCUT2D eigenvalue weighted by Gasteiger charge is 2.48. The highest BCUT2D eigenvalue weighted by Crippen LogP contribution is 2.35. The number of likely N-dealkylation sites (tertiary alicyclic amines) is 1. The molecule has 1 atom stereocenters. The molecule has 1 fully saturated rings. The molecular weight excluding hydrogens is 507 g/mol. The standard InChI is InChI=1S/C27H27ClF3N3O3/c1-18-3-9-21(10-4-18)37-26(25(36)33-15-19-5-7-20(28)8-6-19)12-2-14-34(17-26)24(35)22-16-32-13-11-23(22)27(29,30)31/h3-11,16,32H,2,12-15,17H2,1H3,(H,33,36). The Kier molecular flexibility index (Phi) is 7.82. The van der Waals surface area contributed by atoms with E-state index in [9.17, 15) is 22.8 Å². The van der Waals surface area contributed by atoms with Gasteiger partial charge in [-0.15, -0.1) is 0 Å². The van der Waals surface area contributed by atoms with Crippen LogP contribution in [0.5, 0.6) is 5.75 Å². The fourth-order valence-electron chi connectivity index (χ4n) is 4.41. The van der Waals surface area contributed by atoms with Gasteiger partial charge < -0.3 is 20.3 Å². The molecule has 0 spiro atoms. The van der Waals surface area contributed by atoms with Crippen LogP contribution in [0.3, 0.4) is 0 Å². The van der Waals surface area contributed by atoms with Gasteiger partial charge in [0.05, 0.1) is 17.7 Å². The lowest BCUT2D eigenvalue weighted by Gasteiger charge is -2.42. The second kappa shape index (κ2) is 10.9. The van der Waals surface area contributed by atoms with Crippen LogP contribution in [0, 0.1) is 6.92 Å². The first-order valence-electron chi connectivity index (χ1n) is 11.9. The molecule has 0 aromatic heterocycles. The molecule has 2 aromatic carbocycles. The summed E-state index contributed by atoms with van der Waals surface area (Å²) >= 11 is 5.94. The molecule has 2 aliphatic rings. The van der Waals surface area contributed by atoms with Crippen molar-refractivity contribution in [1.29, 1.82) is 0 Å². The number of carbonyl (C=O) groups excluding carboxylic acids is 2. The van der Waals surface area contributed by atoms with Gasteiger partial charge in [0, 0.05) is 30.9 Å².